The van der Waals surface area contributed by atoms with E-state index < -0.39 is 0 Å². The van der Waals surface area contributed by atoms with E-state index >= 15 is 0 Å². The number of aromatic nitrogens is 2. The first-order chi connectivity index (χ1) is 7.92. The molecule has 0 N–H and O–H groups in total. The minimum absolute atomic E-state index is 0.800. The molecule has 3 heteroatoms. The van der Waals surface area contributed by atoms with Crippen LogP contribution in [-0.4, -0.2) is 9.97 Å². The molecule has 0 atom stereocenters. The van der Waals surface area contributed by atoms with Crippen molar-refractivity contribution in [3.63, 3.8) is 0 Å². The SMILES string of the molecule is c1ccc(Cc2ncc3ccsc3n2)cc1. The van der Waals surface area contributed by atoms with E-state index in [0.29, 0.717) is 0 Å². The van der Waals surface area contributed by atoms with Crippen LogP contribution in [0.5, 0.6) is 0 Å². The lowest BCUT2D eigenvalue weighted by Gasteiger charge is -1.99. The van der Waals surface area contributed by atoms with E-state index in [2.05, 4.69) is 22.1 Å². The molecule has 0 amide bonds. The average molecular weight is 226 g/mol. The second-order valence-electron chi connectivity index (χ2n) is 3.63. The largest absolute Gasteiger partial charge is 0.240 e. The zero-order valence-electron chi connectivity index (χ0n) is 8.63. The fraction of sp³-hybridized carbons (Fsp3) is 0.0769. The number of hydrogen-bond donors (Lipinski definition) is 0. The van der Waals surface area contributed by atoms with Crippen molar-refractivity contribution in [2.75, 3.05) is 0 Å². The molecule has 0 fully saturated rings. The average Bonchev–Trinajstić information content (AvgIpc) is 2.77. The van der Waals surface area contributed by atoms with Gasteiger partial charge in [-0.1, -0.05) is 30.3 Å². The molecule has 0 spiro atoms. The van der Waals surface area contributed by atoms with E-state index in [0.717, 1.165) is 22.5 Å². The molecular formula is C13H10N2S. The molecule has 0 saturated carbocycles. The van der Waals surface area contributed by atoms with Crippen LogP contribution in [0, 0.1) is 0 Å². The van der Waals surface area contributed by atoms with Crippen LogP contribution in [0.4, 0.5) is 0 Å². The Labute approximate surface area is 97.6 Å². The number of thiophene rings is 1. The van der Waals surface area contributed by atoms with Gasteiger partial charge in [0.05, 0.1) is 0 Å². The quantitative estimate of drug-likeness (QED) is 0.670. The normalized spacial score (nSPS) is 10.8. The fourth-order valence-corrected chi connectivity index (χ4v) is 2.41. The van der Waals surface area contributed by atoms with Crippen LogP contribution in [0.25, 0.3) is 10.2 Å². The summed E-state index contributed by atoms with van der Waals surface area (Å²) in [4.78, 5) is 9.98. The van der Waals surface area contributed by atoms with Gasteiger partial charge in [-0.25, -0.2) is 9.97 Å². The number of fused-ring (bicyclic) bond motifs is 1. The maximum absolute atomic E-state index is 4.54. The van der Waals surface area contributed by atoms with Crippen LogP contribution in [-0.2, 0) is 6.42 Å². The van der Waals surface area contributed by atoms with Crippen molar-refractivity contribution >= 4 is 21.6 Å². The lowest BCUT2D eigenvalue weighted by atomic mass is 10.1. The summed E-state index contributed by atoms with van der Waals surface area (Å²) >= 11 is 1.66. The van der Waals surface area contributed by atoms with Crippen molar-refractivity contribution in [2.24, 2.45) is 0 Å². The Kier molecular flexibility index (Phi) is 2.38. The molecular weight excluding hydrogens is 216 g/mol. The van der Waals surface area contributed by atoms with E-state index in [-0.39, 0.29) is 0 Å². The Bertz CT molecular complexity index is 601. The monoisotopic (exact) mass is 226 g/mol. The molecule has 3 rings (SSSR count). The highest BCUT2D eigenvalue weighted by molar-refractivity contribution is 7.16. The number of nitrogens with zero attached hydrogens (tertiary/aromatic N) is 2. The first kappa shape index (κ1) is 9.48. The Balaban J connectivity index is 1.94. The predicted molar refractivity (Wildman–Crippen MR) is 66.7 cm³/mol. The maximum atomic E-state index is 4.54. The smallest absolute Gasteiger partial charge is 0.134 e. The van der Waals surface area contributed by atoms with E-state index in [1.807, 2.05) is 35.8 Å². The Hall–Kier alpha value is -1.74. The highest BCUT2D eigenvalue weighted by Crippen LogP contribution is 2.17. The predicted octanol–water partition coefficient (Wildman–Crippen LogP) is 3.28. The Morgan fingerprint density at radius 1 is 1.06 bits per heavy atom. The summed E-state index contributed by atoms with van der Waals surface area (Å²) < 4.78 is 0. The van der Waals surface area contributed by atoms with Gasteiger partial charge in [0, 0.05) is 18.0 Å². The Morgan fingerprint density at radius 3 is 2.81 bits per heavy atom. The highest BCUT2D eigenvalue weighted by atomic mass is 32.1. The van der Waals surface area contributed by atoms with Crippen molar-refractivity contribution in [1.29, 1.82) is 0 Å². The molecule has 2 nitrogen and oxygen atoms in total. The summed E-state index contributed by atoms with van der Waals surface area (Å²) in [6.45, 7) is 0. The maximum Gasteiger partial charge on any atom is 0.134 e. The van der Waals surface area contributed by atoms with E-state index in [4.69, 9.17) is 0 Å². The number of rotatable bonds is 2. The molecule has 0 aliphatic heterocycles. The molecule has 3 aromatic rings. The van der Waals surface area contributed by atoms with Gasteiger partial charge in [0.25, 0.3) is 0 Å². The van der Waals surface area contributed by atoms with Crippen molar-refractivity contribution in [1.82, 2.24) is 9.97 Å². The fourth-order valence-electron chi connectivity index (χ4n) is 1.65. The highest BCUT2D eigenvalue weighted by Gasteiger charge is 2.01. The van der Waals surface area contributed by atoms with E-state index in [1.54, 1.807) is 11.3 Å². The second-order valence-corrected chi connectivity index (χ2v) is 4.52. The Morgan fingerprint density at radius 2 is 1.94 bits per heavy atom. The van der Waals surface area contributed by atoms with Gasteiger partial charge in [0.2, 0.25) is 0 Å². The molecule has 16 heavy (non-hydrogen) atoms. The van der Waals surface area contributed by atoms with Crippen LogP contribution in [0.2, 0.25) is 0 Å². The van der Waals surface area contributed by atoms with Gasteiger partial charge in [-0.2, -0.15) is 0 Å². The molecule has 0 saturated heterocycles. The molecule has 2 heterocycles. The molecule has 78 valence electrons. The van der Waals surface area contributed by atoms with Gasteiger partial charge < -0.3 is 0 Å². The third-order valence-corrected chi connectivity index (χ3v) is 3.28. The minimum atomic E-state index is 0.800. The van der Waals surface area contributed by atoms with Crippen molar-refractivity contribution in [3.05, 3.63) is 59.4 Å². The molecule has 1 aromatic carbocycles. The first-order valence-corrected chi connectivity index (χ1v) is 6.03. The van der Waals surface area contributed by atoms with Gasteiger partial charge in [-0.05, 0) is 17.0 Å². The molecule has 0 radical (unpaired) electrons. The summed E-state index contributed by atoms with van der Waals surface area (Å²) in [5.74, 6) is 0.890. The summed E-state index contributed by atoms with van der Waals surface area (Å²) in [5.41, 5.74) is 1.25. The summed E-state index contributed by atoms with van der Waals surface area (Å²) in [6.07, 6.45) is 2.70. The molecule has 0 unspecified atom stereocenters. The second kappa shape index (κ2) is 4.02. The van der Waals surface area contributed by atoms with Gasteiger partial charge in [0.1, 0.15) is 10.7 Å². The minimum Gasteiger partial charge on any atom is -0.240 e. The van der Waals surface area contributed by atoms with Gasteiger partial charge in [0.15, 0.2) is 0 Å². The molecule has 0 bridgehead atoms. The molecule has 2 aromatic heterocycles. The summed E-state index contributed by atoms with van der Waals surface area (Å²) in [6, 6.07) is 12.3. The third kappa shape index (κ3) is 1.82. The van der Waals surface area contributed by atoms with Gasteiger partial charge in [-0.3, -0.25) is 0 Å². The van der Waals surface area contributed by atoms with Crippen LogP contribution in [0.1, 0.15) is 11.4 Å². The first-order valence-electron chi connectivity index (χ1n) is 5.15. The van der Waals surface area contributed by atoms with Crippen molar-refractivity contribution in [3.8, 4) is 0 Å². The zero-order valence-corrected chi connectivity index (χ0v) is 9.45. The van der Waals surface area contributed by atoms with Gasteiger partial charge in [-0.15, -0.1) is 11.3 Å². The zero-order chi connectivity index (χ0) is 10.8. The lowest BCUT2D eigenvalue weighted by Crippen LogP contribution is -1.95. The summed E-state index contributed by atoms with van der Waals surface area (Å²) in [5, 5.41) is 3.17. The number of benzene rings is 1. The summed E-state index contributed by atoms with van der Waals surface area (Å²) in [7, 11) is 0. The van der Waals surface area contributed by atoms with E-state index in [9.17, 15) is 0 Å². The topological polar surface area (TPSA) is 25.8 Å². The third-order valence-electron chi connectivity index (χ3n) is 2.46. The number of hydrogen-bond acceptors (Lipinski definition) is 3. The molecule has 0 aliphatic rings. The standard InChI is InChI=1S/C13H10N2S/c1-2-4-10(5-3-1)8-12-14-9-11-6-7-16-13(11)15-12/h1-7,9H,8H2. The van der Waals surface area contributed by atoms with Gasteiger partial charge >= 0.3 is 0 Å². The lowest BCUT2D eigenvalue weighted by molar-refractivity contribution is 0.997. The van der Waals surface area contributed by atoms with Crippen molar-refractivity contribution in [2.45, 2.75) is 6.42 Å². The van der Waals surface area contributed by atoms with Crippen molar-refractivity contribution < 1.29 is 0 Å². The van der Waals surface area contributed by atoms with Crippen LogP contribution >= 0.6 is 11.3 Å². The molecule has 0 aliphatic carbocycles. The van der Waals surface area contributed by atoms with Crippen LogP contribution < -0.4 is 0 Å². The van der Waals surface area contributed by atoms with Crippen LogP contribution in [0.15, 0.2) is 48.0 Å². The van der Waals surface area contributed by atoms with E-state index in [1.165, 1.54) is 5.56 Å². The van der Waals surface area contributed by atoms with Crippen LogP contribution in [0.3, 0.4) is 0 Å².